The SMILES string of the molecule is CCCCCCCCCCCCCCCCNCc1cccc(CNCCCCCCCCCCCCCCCC)c1. The van der Waals surface area contributed by atoms with Crippen LogP contribution < -0.4 is 10.6 Å². The van der Waals surface area contributed by atoms with Gasteiger partial charge in [0.2, 0.25) is 0 Å². The van der Waals surface area contributed by atoms with Crippen molar-refractivity contribution in [1.29, 1.82) is 0 Å². The summed E-state index contributed by atoms with van der Waals surface area (Å²) in [5.74, 6) is 0. The van der Waals surface area contributed by atoms with Crippen molar-refractivity contribution in [3.8, 4) is 0 Å². The van der Waals surface area contributed by atoms with Crippen LogP contribution in [0, 0.1) is 0 Å². The van der Waals surface area contributed by atoms with Crippen LogP contribution >= 0.6 is 0 Å². The van der Waals surface area contributed by atoms with E-state index in [1.165, 1.54) is 191 Å². The summed E-state index contributed by atoms with van der Waals surface area (Å²) in [6.07, 6.45) is 40.0. The molecule has 1 rings (SSSR count). The molecular weight excluding hydrogens is 508 g/mol. The van der Waals surface area contributed by atoms with Gasteiger partial charge in [-0.1, -0.05) is 205 Å². The van der Waals surface area contributed by atoms with E-state index in [0.717, 1.165) is 26.2 Å². The average molecular weight is 585 g/mol. The van der Waals surface area contributed by atoms with Crippen molar-refractivity contribution in [1.82, 2.24) is 10.6 Å². The number of hydrogen-bond donors (Lipinski definition) is 2. The molecule has 0 amide bonds. The molecule has 0 fully saturated rings. The first-order valence-corrected chi connectivity index (χ1v) is 19.4. The highest BCUT2D eigenvalue weighted by Crippen LogP contribution is 2.14. The van der Waals surface area contributed by atoms with Crippen molar-refractivity contribution in [2.24, 2.45) is 0 Å². The highest BCUT2D eigenvalue weighted by molar-refractivity contribution is 5.23. The fraction of sp³-hybridized carbons (Fsp3) is 0.850. The van der Waals surface area contributed by atoms with Gasteiger partial charge in [-0.25, -0.2) is 0 Å². The quantitative estimate of drug-likeness (QED) is 0.0787. The fourth-order valence-corrected chi connectivity index (χ4v) is 6.20. The summed E-state index contributed by atoms with van der Waals surface area (Å²) < 4.78 is 0. The van der Waals surface area contributed by atoms with Gasteiger partial charge in [-0.05, 0) is 37.1 Å². The molecule has 0 saturated carbocycles. The zero-order chi connectivity index (χ0) is 30.0. The molecule has 0 radical (unpaired) electrons. The first-order chi connectivity index (χ1) is 20.9. The Morgan fingerprint density at radius 2 is 0.619 bits per heavy atom. The van der Waals surface area contributed by atoms with Crippen LogP contribution in [0.3, 0.4) is 0 Å². The largest absolute Gasteiger partial charge is 0.313 e. The van der Waals surface area contributed by atoms with Crippen molar-refractivity contribution in [3.05, 3.63) is 35.4 Å². The van der Waals surface area contributed by atoms with Crippen molar-refractivity contribution >= 4 is 0 Å². The molecule has 0 atom stereocenters. The lowest BCUT2D eigenvalue weighted by Gasteiger charge is -2.09. The number of rotatable bonds is 34. The van der Waals surface area contributed by atoms with Crippen LogP contribution in [-0.2, 0) is 13.1 Å². The highest BCUT2D eigenvalue weighted by atomic mass is 14.9. The van der Waals surface area contributed by atoms with E-state index in [1.807, 2.05) is 0 Å². The number of benzene rings is 1. The third-order valence-electron chi connectivity index (χ3n) is 9.06. The highest BCUT2D eigenvalue weighted by Gasteiger charge is 1.99. The lowest BCUT2D eigenvalue weighted by molar-refractivity contribution is 0.529. The van der Waals surface area contributed by atoms with E-state index in [2.05, 4.69) is 48.7 Å². The van der Waals surface area contributed by atoms with Gasteiger partial charge < -0.3 is 10.6 Å². The minimum absolute atomic E-state index is 1.01. The van der Waals surface area contributed by atoms with Gasteiger partial charge in [-0.15, -0.1) is 0 Å². The van der Waals surface area contributed by atoms with Crippen LogP contribution in [0.1, 0.15) is 205 Å². The molecule has 2 N–H and O–H groups in total. The van der Waals surface area contributed by atoms with Gasteiger partial charge in [0, 0.05) is 13.1 Å². The predicted octanol–water partition coefficient (Wildman–Crippen LogP) is 12.8. The molecule has 42 heavy (non-hydrogen) atoms. The molecule has 0 heterocycles. The molecule has 0 bridgehead atoms. The Hall–Kier alpha value is -0.860. The standard InChI is InChI=1S/C40H76N2/c1-3-5-7-9-11-13-15-17-19-21-23-25-27-29-34-41-37-39-32-31-33-40(36-39)38-42-35-30-28-26-24-22-20-18-16-14-12-10-8-6-4-2/h31-33,36,41-42H,3-30,34-35,37-38H2,1-2H3. The Morgan fingerprint density at radius 1 is 0.357 bits per heavy atom. The molecule has 0 unspecified atom stereocenters. The van der Waals surface area contributed by atoms with E-state index in [-0.39, 0.29) is 0 Å². The van der Waals surface area contributed by atoms with E-state index in [9.17, 15) is 0 Å². The Morgan fingerprint density at radius 3 is 0.905 bits per heavy atom. The van der Waals surface area contributed by atoms with Gasteiger partial charge in [0.15, 0.2) is 0 Å². The average Bonchev–Trinajstić information content (AvgIpc) is 3.01. The third-order valence-corrected chi connectivity index (χ3v) is 9.06. The predicted molar refractivity (Wildman–Crippen MR) is 190 cm³/mol. The number of unbranched alkanes of at least 4 members (excludes halogenated alkanes) is 26. The Labute approximate surface area is 265 Å². The molecule has 0 aliphatic heterocycles. The Kier molecular flexibility index (Phi) is 30.8. The lowest BCUT2D eigenvalue weighted by atomic mass is 10.0. The van der Waals surface area contributed by atoms with E-state index in [1.54, 1.807) is 0 Å². The fourth-order valence-electron chi connectivity index (χ4n) is 6.20. The van der Waals surface area contributed by atoms with Crippen molar-refractivity contribution in [3.63, 3.8) is 0 Å². The smallest absolute Gasteiger partial charge is 0.0205 e. The van der Waals surface area contributed by atoms with E-state index >= 15 is 0 Å². The van der Waals surface area contributed by atoms with E-state index in [4.69, 9.17) is 0 Å². The van der Waals surface area contributed by atoms with Gasteiger partial charge >= 0.3 is 0 Å². The molecule has 0 aliphatic carbocycles. The van der Waals surface area contributed by atoms with Gasteiger partial charge in [0.1, 0.15) is 0 Å². The maximum Gasteiger partial charge on any atom is 0.0205 e. The van der Waals surface area contributed by atoms with Crippen molar-refractivity contribution in [2.75, 3.05) is 13.1 Å². The number of hydrogen-bond acceptors (Lipinski definition) is 2. The van der Waals surface area contributed by atoms with Crippen molar-refractivity contribution in [2.45, 2.75) is 207 Å². The molecule has 0 saturated heterocycles. The molecule has 1 aromatic rings. The van der Waals surface area contributed by atoms with Crippen LogP contribution in [0.5, 0.6) is 0 Å². The lowest BCUT2D eigenvalue weighted by Crippen LogP contribution is -2.16. The van der Waals surface area contributed by atoms with Crippen LogP contribution in [0.4, 0.5) is 0 Å². The van der Waals surface area contributed by atoms with Crippen molar-refractivity contribution < 1.29 is 0 Å². The molecule has 1 aromatic carbocycles. The second-order valence-electron chi connectivity index (χ2n) is 13.4. The minimum Gasteiger partial charge on any atom is -0.313 e. The molecular formula is C40H76N2. The zero-order valence-corrected chi connectivity index (χ0v) is 28.9. The summed E-state index contributed by atoms with van der Waals surface area (Å²) in [5.41, 5.74) is 2.85. The molecule has 2 nitrogen and oxygen atoms in total. The van der Waals surface area contributed by atoms with E-state index in [0.29, 0.717) is 0 Å². The van der Waals surface area contributed by atoms with Crippen LogP contribution in [0.25, 0.3) is 0 Å². The first kappa shape index (κ1) is 39.2. The monoisotopic (exact) mass is 585 g/mol. The summed E-state index contributed by atoms with van der Waals surface area (Å²) in [6, 6.07) is 9.16. The Balaban J connectivity index is 1.84. The topological polar surface area (TPSA) is 24.1 Å². The van der Waals surface area contributed by atoms with Crippen LogP contribution in [-0.4, -0.2) is 13.1 Å². The zero-order valence-electron chi connectivity index (χ0n) is 28.9. The second kappa shape index (κ2) is 33.0. The molecule has 0 aliphatic rings. The van der Waals surface area contributed by atoms with Gasteiger partial charge in [0.05, 0.1) is 0 Å². The minimum atomic E-state index is 1.01. The summed E-state index contributed by atoms with van der Waals surface area (Å²) in [4.78, 5) is 0. The normalized spacial score (nSPS) is 11.5. The first-order valence-electron chi connectivity index (χ1n) is 19.4. The third kappa shape index (κ3) is 27.9. The maximum atomic E-state index is 3.68. The second-order valence-corrected chi connectivity index (χ2v) is 13.4. The molecule has 0 aromatic heterocycles. The van der Waals surface area contributed by atoms with Crippen LogP contribution in [0.15, 0.2) is 24.3 Å². The van der Waals surface area contributed by atoms with E-state index < -0.39 is 0 Å². The summed E-state index contributed by atoms with van der Waals surface area (Å²) in [5, 5.41) is 7.35. The van der Waals surface area contributed by atoms with Gasteiger partial charge in [-0.2, -0.15) is 0 Å². The van der Waals surface area contributed by atoms with Crippen LogP contribution in [0.2, 0.25) is 0 Å². The van der Waals surface area contributed by atoms with Gasteiger partial charge in [-0.3, -0.25) is 0 Å². The summed E-state index contributed by atoms with van der Waals surface area (Å²) >= 11 is 0. The summed E-state index contributed by atoms with van der Waals surface area (Å²) in [7, 11) is 0. The van der Waals surface area contributed by atoms with Gasteiger partial charge in [0.25, 0.3) is 0 Å². The maximum absolute atomic E-state index is 3.68. The molecule has 0 spiro atoms. The molecule has 2 heteroatoms. The Bertz CT molecular complexity index is 591. The number of nitrogens with one attached hydrogen (secondary N) is 2. The summed E-state index contributed by atoms with van der Waals surface area (Å²) in [6.45, 7) is 8.92. The molecule has 246 valence electrons.